The molecule has 2 heterocycles. The normalized spacial score (nSPS) is 19.4. The first kappa shape index (κ1) is 13.3. The van der Waals surface area contributed by atoms with Crippen LogP contribution in [0.4, 0.5) is 5.95 Å². The molecule has 0 radical (unpaired) electrons. The Balaban J connectivity index is 2.03. The van der Waals surface area contributed by atoms with Crippen LogP contribution >= 0.6 is 0 Å². The predicted octanol–water partition coefficient (Wildman–Crippen LogP) is -0.282. The molecule has 0 unspecified atom stereocenters. The van der Waals surface area contributed by atoms with Gasteiger partial charge in [-0.1, -0.05) is 0 Å². The summed E-state index contributed by atoms with van der Waals surface area (Å²) < 4.78 is 0. The van der Waals surface area contributed by atoms with E-state index in [4.69, 9.17) is 5.73 Å². The molecule has 1 aromatic heterocycles. The fraction of sp³-hybridized carbons (Fsp3) is 0.500. The molecule has 2 amide bonds. The molecule has 1 atom stereocenters. The van der Waals surface area contributed by atoms with Crippen molar-refractivity contribution in [3.63, 3.8) is 0 Å². The lowest BCUT2D eigenvalue weighted by Gasteiger charge is -2.30. The highest BCUT2D eigenvalue weighted by atomic mass is 16.2. The maximum Gasteiger partial charge on any atom is 0.254 e. The average molecular weight is 263 g/mol. The molecule has 19 heavy (non-hydrogen) atoms. The van der Waals surface area contributed by atoms with Gasteiger partial charge in [0, 0.05) is 32.3 Å². The van der Waals surface area contributed by atoms with E-state index in [0.29, 0.717) is 30.6 Å². The van der Waals surface area contributed by atoms with Crippen molar-refractivity contribution in [3.8, 4) is 0 Å². The van der Waals surface area contributed by atoms with Crippen molar-refractivity contribution >= 4 is 17.8 Å². The maximum atomic E-state index is 12.1. The second kappa shape index (κ2) is 5.21. The van der Waals surface area contributed by atoms with Gasteiger partial charge in [0.1, 0.15) is 0 Å². The zero-order valence-electron chi connectivity index (χ0n) is 11.0. The number of piperidine rings is 1. The molecular weight excluding hydrogens is 246 g/mol. The Morgan fingerprint density at radius 2 is 2.32 bits per heavy atom. The van der Waals surface area contributed by atoms with E-state index in [1.807, 2.05) is 0 Å². The molecule has 102 valence electrons. The number of likely N-dealkylation sites (N-methyl/N-ethyl adjacent to an activating group) is 1. The molecule has 3 N–H and O–H groups in total. The number of nitrogens with zero attached hydrogens (tertiary/aromatic N) is 3. The first-order valence-corrected chi connectivity index (χ1v) is 6.11. The average Bonchev–Trinajstić information content (AvgIpc) is 2.33. The number of hydrogen-bond acceptors (Lipinski definition) is 5. The van der Waals surface area contributed by atoms with Crippen LogP contribution in [0.1, 0.15) is 28.9 Å². The second-order valence-electron chi connectivity index (χ2n) is 4.71. The molecule has 1 aliphatic heterocycles. The number of aryl methyl sites for hydroxylation is 1. The molecule has 1 aliphatic rings. The number of carbonyl (C=O) groups excluding carboxylic acids is 2. The predicted molar refractivity (Wildman–Crippen MR) is 69.3 cm³/mol. The number of carbonyl (C=O) groups is 2. The minimum Gasteiger partial charge on any atom is -0.368 e. The number of rotatable bonds is 2. The molecular formula is C12H17N5O2. The van der Waals surface area contributed by atoms with Gasteiger partial charge in [-0.2, -0.15) is 0 Å². The van der Waals surface area contributed by atoms with E-state index in [0.717, 1.165) is 0 Å². The minimum absolute atomic E-state index is 0.0350. The van der Waals surface area contributed by atoms with Crippen molar-refractivity contribution in [2.24, 2.45) is 0 Å². The molecule has 0 aromatic carbocycles. The quantitative estimate of drug-likeness (QED) is 0.764. The standard InChI is InChI=1S/C12H17N5O2/c1-7-9(5-14-12(13)15-7)11(19)16-8-3-4-10(18)17(2)6-8/h5,8H,3-4,6H2,1-2H3,(H,16,19)(H2,13,14,15)/t8-/m1/s1. The molecule has 1 saturated heterocycles. The molecule has 0 bridgehead atoms. The van der Waals surface area contributed by atoms with E-state index in [1.54, 1.807) is 18.9 Å². The van der Waals surface area contributed by atoms with Gasteiger partial charge in [-0.05, 0) is 13.3 Å². The topological polar surface area (TPSA) is 101 Å². The molecule has 0 saturated carbocycles. The smallest absolute Gasteiger partial charge is 0.254 e. The summed E-state index contributed by atoms with van der Waals surface area (Å²) in [7, 11) is 1.73. The van der Waals surface area contributed by atoms with E-state index in [1.165, 1.54) is 6.20 Å². The highest BCUT2D eigenvalue weighted by Crippen LogP contribution is 2.11. The van der Waals surface area contributed by atoms with Crippen LogP contribution in [0.2, 0.25) is 0 Å². The van der Waals surface area contributed by atoms with Crippen LogP contribution in [0.15, 0.2) is 6.20 Å². The molecule has 0 aliphatic carbocycles. The number of aromatic nitrogens is 2. The Morgan fingerprint density at radius 1 is 1.58 bits per heavy atom. The molecule has 7 heteroatoms. The maximum absolute atomic E-state index is 12.1. The Hall–Kier alpha value is -2.18. The van der Waals surface area contributed by atoms with Crippen molar-refractivity contribution < 1.29 is 9.59 Å². The number of nitrogens with two attached hydrogens (primary N) is 1. The Labute approximate surface area is 111 Å². The van der Waals surface area contributed by atoms with Crippen LogP contribution in [0, 0.1) is 6.92 Å². The van der Waals surface area contributed by atoms with E-state index in [-0.39, 0.29) is 23.8 Å². The van der Waals surface area contributed by atoms with Crippen LogP contribution < -0.4 is 11.1 Å². The van der Waals surface area contributed by atoms with Crippen molar-refractivity contribution in [1.82, 2.24) is 20.2 Å². The number of nitrogen functional groups attached to an aromatic ring is 1. The number of hydrogen-bond donors (Lipinski definition) is 2. The number of nitrogens with one attached hydrogen (secondary N) is 1. The van der Waals surface area contributed by atoms with Gasteiger partial charge < -0.3 is 16.0 Å². The van der Waals surface area contributed by atoms with Crippen molar-refractivity contribution in [1.29, 1.82) is 0 Å². The molecule has 2 rings (SSSR count). The molecule has 1 fully saturated rings. The summed E-state index contributed by atoms with van der Waals surface area (Å²) in [6.45, 7) is 2.24. The van der Waals surface area contributed by atoms with Crippen molar-refractivity contribution in [2.75, 3.05) is 19.3 Å². The fourth-order valence-corrected chi connectivity index (χ4v) is 2.10. The summed E-state index contributed by atoms with van der Waals surface area (Å²) in [6.07, 6.45) is 2.53. The first-order valence-electron chi connectivity index (χ1n) is 6.11. The molecule has 1 aromatic rings. The van der Waals surface area contributed by atoms with Gasteiger partial charge in [0.15, 0.2) is 0 Å². The summed E-state index contributed by atoms with van der Waals surface area (Å²) in [5, 5.41) is 2.89. The third kappa shape index (κ3) is 2.98. The summed E-state index contributed by atoms with van der Waals surface area (Å²) in [5.74, 6) is 0.0276. The van der Waals surface area contributed by atoms with Crippen LogP contribution in [0.25, 0.3) is 0 Å². The third-order valence-electron chi connectivity index (χ3n) is 3.20. The number of amides is 2. The lowest BCUT2D eigenvalue weighted by molar-refractivity contribution is -0.132. The monoisotopic (exact) mass is 263 g/mol. The largest absolute Gasteiger partial charge is 0.368 e. The van der Waals surface area contributed by atoms with Crippen molar-refractivity contribution in [2.45, 2.75) is 25.8 Å². The Morgan fingerprint density at radius 3 is 2.95 bits per heavy atom. The third-order valence-corrected chi connectivity index (χ3v) is 3.20. The summed E-state index contributed by atoms with van der Waals surface area (Å²) in [5.41, 5.74) is 6.40. The lowest BCUT2D eigenvalue weighted by Crippen LogP contribution is -2.48. The van der Waals surface area contributed by atoms with Gasteiger partial charge in [0.2, 0.25) is 11.9 Å². The summed E-state index contributed by atoms with van der Waals surface area (Å²) in [4.78, 5) is 32.9. The molecule has 7 nitrogen and oxygen atoms in total. The highest BCUT2D eigenvalue weighted by Gasteiger charge is 2.25. The number of anilines is 1. The van der Waals surface area contributed by atoms with Gasteiger partial charge in [-0.3, -0.25) is 9.59 Å². The van der Waals surface area contributed by atoms with Crippen LogP contribution in [0.3, 0.4) is 0 Å². The summed E-state index contributed by atoms with van der Waals surface area (Å²) >= 11 is 0. The van der Waals surface area contributed by atoms with Gasteiger partial charge in [-0.25, -0.2) is 9.97 Å². The first-order chi connectivity index (χ1) is 8.97. The van der Waals surface area contributed by atoms with E-state index >= 15 is 0 Å². The fourth-order valence-electron chi connectivity index (χ4n) is 2.10. The van der Waals surface area contributed by atoms with Crippen molar-refractivity contribution in [3.05, 3.63) is 17.5 Å². The van der Waals surface area contributed by atoms with Gasteiger partial charge >= 0.3 is 0 Å². The van der Waals surface area contributed by atoms with Gasteiger partial charge in [0.05, 0.1) is 11.3 Å². The highest BCUT2D eigenvalue weighted by molar-refractivity contribution is 5.95. The van der Waals surface area contributed by atoms with Gasteiger partial charge in [-0.15, -0.1) is 0 Å². The summed E-state index contributed by atoms with van der Waals surface area (Å²) in [6, 6.07) is -0.0350. The Kier molecular flexibility index (Phi) is 3.64. The lowest BCUT2D eigenvalue weighted by atomic mass is 10.1. The van der Waals surface area contributed by atoms with E-state index in [2.05, 4.69) is 15.3 Å². The van der Waals surface area contributed by atoms with E-state index < -0.39 is 0 Å². The second-order valence-corrected chi connectivity index (χ2v) is 4.71. The molecule has 0 spiro atoms. The SMILES string of the molecule is Cc1nc(N)ncc1C(=O)N[C@@H]1CCC(=O)N(C)C1. The van der Waals surface area contributed by atoms with E-state index in [9.17, 15) is 9.59 Å². The van der Waals surface area contributed by atoms with Crippen LogP contribution in [-0.4, -0.2) is 46.3 Å². The minimum atomic E-state index is -0.231. The van der Waals surface area contributed by atoms with Crippen LogP contribution in [-0.2, 0) is 4.79 Å². The zero-order chi connectivity index (χ0) is 14.0. The van der Waals surface area contributed by atoms with Gasteiger partial charge in [0.25, 0.3) is 5.91 Å². The number of likely N-dealkylation sites (tertiary alicyclic amines) is 1. The Bertz CT molecular complexity index is 517. The zero-order valence-corrected chi connectivity index (χ0v) is 11.0. The van der Waals surface area contributed by atoms with Crippen LogP contribution in [0.5, 0.6) is 0 Å².